The highest BCUT2D eigenvalue weighted by atomic mass is 32.2. The van der Waals surface area contributed by atoms with Crippen molar-refractivity contribution in [3.05, 3.63) is 0 Å². The molecule has 1 amide bonds. The number of likely N-dealkylation sites (tertiary alicyclic amines) is 1. The van der Waals surface area contributed by atoms with Gasteiger partial charge in [-0.05, 0) is 50.7 Å². The number of rotatable bonds is 8. The number of amides is 1. The van der Waals surface area contributed by atoms with Crippen LogP contribution >= 0.6 is 11.8 Å². The Labute approximate surface area is 110 Å². The predicted molar refractivity (Wildman–Crippen MR) is 75.5 cm³/mol. The molecule has 1 aliphatic rings. The number of piperidine rings is 1. The smallest absolute Gasteiger partial charge is 0.223 e. The van der Waals surface area contributed by atoms with Crippen LogP contribution in [0.2, 0.25) is 0 Å². The number of hydrogen-bond donors (Lipinski definition) is 1. The van der Waals surface area contributed by atoms with Crippen LogP contribution < -0.4 is 5.32 Å². The van der Waals surface area contributed by atoms with Gasteiger partial charge in [-0.2, -0.15) is 11.8 Å². The van der Waals surface area contributed by atoms with E-state index in [-0.39, 0.29) is 0 Å². The van der Waals surface area contributed by atoms with Gasteiger partial charge in [0.05, 0.1) is 0 Å². The van der Waals surface area contributed by atoms with Gasteiger partial charge in [0.25, 0.3) is 0 Å². The Morgan fingerprint density at radius 1 is 1.18 bits per heavy atom. The average molecular weight is 258 g/mol. The Morgan fingerprint density at radius 2 is 1.94 bits per heavy atom. The maximum Gasteiger partial charge on any atom is 0.223 e. The zero-order valence-corrected chi connectivity index (χ0v) is 11.9. The summed E-state index contributed by atoms with van der Waals surface area (Å²) in [6.45, 7) is 3.85. The third kappa shape index (κ3) is 6.94. The Balaban J connectivity index is 1.92. The molecule has 1 aliphatic heterocycles. The van der Waals surface area contributed by atoms with Crippen LogP contribution in [-0.2, 0) is 4.79 Å². The third-order valence-electron chi connectivity index (χ3n) is 3.18. The molecule has 1 N–H and O–H groups in total. The van der Waals surface area contributed by atoms with Gasteiger partial charge in [-0.25, -0.2) is 0 Å². The van der Waals surface area contributed by atoms with Crippen molar-refractivity contribution in [2.75, 3.05) is 38.2 Å². The molecule has 3 nitrogen and oxygen atoms in total. The number of nitrogens with one attached hydrogen (secondary N) is 1. The molecular formula is C13H26N2OS. The van der Waals surface area contributed by atoms with E-state index < -0.39 is 0 Å². The number of carbonyl (C=O) groups excluding carboxylic acids is 1. The summed E-state index contributed by atoms with van der Waals surface area (Å²) in [4.78, 5) is 13.8. The van der Waals surface area contributed by atoms with E-state index in [1.165, 1.54) is 37.9 Å². The van der Waals surface area contributed by atoms with Gasteiger partial charge in [0, 0.05) is 26.1 Å². The van der Waals surface area contributed by atoms with Crippen molar-refractivity contribution >= 4 is 17.7 Å². The Kier molecular flexibility index (Phi) is 8.53. The first-order chi connectivity index (χ1) is 8.34. The van der Waals surface area contributed by atoms with Crippen molar-refractivity contribution in [3.63, 3.8) is 0 Å². The third-order valence-corrected chi connectivity index (χ3v) is 3.87. The summed E-state index contributed by atoms with van der Waals surface area (Å²) in [5, 5.41) is 3.36. The fourth-order valence-electron chi connectivity index (χ4n) is 2.12. The van der Waals surface area contributed by atoms with Gasteiger partial charge in [0.1, 0.15) is 0 Å². The van der Waals surface area contributed by atoms with E-state index in [4.69, 9.17) is 0 Å². The maximum atomic E-state index is 11.8. The second-order valence-electron chi connectivity index (χ2n) is 4.64. The average Bonchev–Trinajstić information content (AvgIpc) is 2.38. The van der Waals surface area contributed by atoms with E-state index in [0.29, 0.717) is 12.3 Å². The summed E-state index contributed by atoms with van der Waals surface area (Å²) in [5.41, 5.74) is 0. The van der Waals surface area contributed by atoms with Crippen molar-refractivity contribution < 1.29 is 4.79 Å². The van der Waals surface area contributed by atoms with Crippen LogP contribution in [0.1, 0.15) is 38.5 Å². The quantitative estimate of drug-likeness (QED) is 0.677. The summed E-state index contributed by atoms with van der Waals surface area (Å²) in [6.07, 6.45) is 8.97. The van der Waals surface area contributed by atoms with Crippen LogP contribution in [0.4, 0.5) is 0 Å². The highest BCUT2D eigenvalue weighted by Crippen LogP contribution is 2.09. The molecule has 0 unspecified atom stereocenters. The lowest BCUT2D eigenvalue weighted by molar-refractivity contribution is -0.131. The van der Waals surface area contributed by atoms with Crippen molar-refractivity contribution in [1.29, 1.82) is 0 Å². The molecule has 1 rings (SSSR count). The fraction of sp³-hybridized carbons (Fsp3) is 0.923. The Morgan fingerprint density at radius 3 is 2.65 bits per heavy atom. The first-order valence-electron chi connectivity index (χ1n) is 6.82. The highest BCUT2D eigenvalue weighted by Gasteiger charge is 2.15. The SMILES string of the molecule is CSCCCCNCCC(=O)N1CCCCC1. The molecule has 0 aromatic carbocycles. The number of thioether (sulfide) groups is 1. The van der Waals surface area contributed by atoms with E-state index in [0.717, 1.165) is 26.2 Å². The van der Waals surface area contributed by atoms with Gasteiger partial charge >= 0.3 is 0 Å². The summed E-state index contributed by atoms with van der Waals surface area (Å²) in [7, 11) is 0. The summed E-state index contributed by atoms with van der Waals surface area (Å²) < 4.78 is 0. The predicted octanol–water partition coefficient (Wildman–Crippen LogP) is 2.12. The maximum absolute atomic E-state index is 11.8. The molecule has 0 aromatic heterocycles. The number of unbranched alkanes of at least 4 members (excludes halogenated alkanes) is 1. The summed E-state index contributed by atoms with van der Waals surface area (Å²) in [6, 6.07) is 0. The minimum atomic E-state index is 0.335. The molecule has 1 saturated heterocycles. The van der Waals surface area contributed by atoms with E-state index in [2.05, 4.69) is 11.6 Å². The van der Waals surface area contributed by atoms with Gasteiger partial charge in [0.15, 0.2) is 0 Å². The van der Waals surface area contributed by atoms with Crippen molar-refractivity contribution in [1.82, 2.24) is 10.2 Å². The second kappa shape index (κ2) is 9.77. The molecular weight excluding hydrogens is 232 g/mol. The summed E-state index contributed by atoms with van der Waals surface area (Å²) in [5.74, 6) is 1.58. The summed E-state index contributed by atoms with van der Waals surface area (Å²) >= 11 is 1.90. The largest absolute Gasteiger partial charge is 0.343 e. The first-order valence-corrected chi connectivity index (χ1v) is 8.21. The minimum Gasteiger partial charge on any atom is -0.343 e. The minimum absolute atomic E-state index is 0.335. The van der Waals surface area contributed by atoms with Crippen molar-refractivity contribution in [3.8, 4) is 0 Å². The van der Waals surface area contributed by atoms with Gasteiger partial charge in [-0.3, -0.25) is 4.79 Å². The highest BCUT2D eigenvalue weighted by molar-refractivity contribution is 7.98. The molecule has 1 heterocycles. The molecule has 0 aliphatic carbocycles. The molecule has 4 heteroatoms. The number of hydrogen-bond acceptors (Lipinski definition) is 3. The van der Waals surface area contributed by atoms with Crippen LogP contribution in [0, 0.1) is 0 Å². The number of carbonyl (C=O) groups is 1. The zero-order valence-electron chi connectivity index (χ0n) is 11.0. The molecule has 0 bridgehead atoms. The van der Waals surface area contributed by atoms with Gasteiger partial charge < -0.3 is 10.2 Å². The normalized spacial score (nSPS) is 16.2. The van der Waals surface area contributed by atoms with Gasteiger partial charge in [-0.1, -0.05) is 0 Å². The molecule has 0 radical (unpaired) electrons. The molecule has 0 spiro atoms. The Hall–Kier alpha value is -0.220. The van der Waals surface area contributed by atoms with E-state index >= 15 is 0 Å². The van der Waals surface area contributed by atoms with Crippen molar-refractivity contribution in [2.24, 2.45) is 0 Å². The monoisotopic (exact) mass is 258 g/mol. The van der Waals surface area contributed by atoms with Crippen LogP contribution in [-0.4, -0.2) is 49.0 Å². The van der Waals surface area contributed by atoms with Gasteiger partial charge in [0.2, 0.25) is 5.91 Å². The molecule has 100 valence electrons. The lowest BCUT2D eigenvalue weighted by atomic mass is 10.1. The Bertz CT molecular complexity index is 206. The number of nitrogens with zero attached hydrogens (tertiary/aromatic N) is 1. The van der Waals surface area contributed by atoms with Gasteiger partial charge in [-0.15, -0.1) is 0 Å². The molecule has 0 aromatic rings. The molecule has 17 heavy (non-hydrogen) atoms. The second-order valence-corrected chi connectivity index (χ2v) is 5.63. The van der Waals surface area contributed by atoms with E-state index in [1.54, 1.807) is 0 Å². The lowest BCUT2D eigenvalue weighted by Gasteiger charge is -2.26. The van der Waals surface area contributed by atoms with Crippen molar-refractivity contribution in [2.45, 2.75) is 38.5 Å². The zero-order chi connectivity index (χ0) is 12.3. The topological polar surface area (TPSA) is 32.3 Å². The van der Waals surface area contributed by atoms with Crippen LogP contribution in [0.15, 0.2) is 0 Å². The first kappa shape index (κ1) is 14.8. The van der Waals surface area contributed by atoms with Crippen LogP contribution in [0.3, 0.4) is 0 Å². The van der Waals surface area contributed by atoms with Crippen LogP contribution in [0.5, 0.6) is 0 Å². The van der Waals surface area contributed by atoms with E-state index in [1.807, 2.05) is 16.7 Å². The fourth-order valence-corrected chi connectivity index (χ4v) is 2.61. The lowest BCUT2D eigenvalue weighted by Crippen LogP contribution is -2.37. The molecule has 0 saturated carbocycles. The van der Waals surface area contributed by atoms with Crippen LogP contribution in [0.25, 0.3) is 0 Å². The molecule has 0 atom stereocenters. The van der Waals surface area contributed by atoms with E-state index in [9.17, 15) is 4.79 Å². The molecule has 1 fully saturated rings. The standard InChI is InChI=1S/C13H26N2OS/c1-17-12-6-3-8-14-9-7-13(16)15-10-4-2-5-11-15/h14H,2-12H2,1H3.